The van der Waals surface area contributed by atoms with Crippen LogP contribution in [-0.4, -0.2) is 10.7 Å². The number of hydrogen-bond donors (Lipinski definition) is 0. The Kier molecular flexibility index (Phi) is 4.00. The third-order valence-corrected chi connectivity index (χ3v) is 2.62. The fourth-order valence-electron chi connectivity index (χ4n) is 1.65. The minimum absolute atomic E-state index is 0.144. The van der Waals surface area contributed by atoms with Gasteiger partial charge in [-0.15, -0.1) is 0 Å². The van der Waals surface area contributed by atoms with Crippen LogP contribution in [0.2, 0.25) is 0 Å². The molecule has 4 nitrogen and oxygen atoms in total. The van der Waals surface area contributed by atoms with Crippen molar-refractivity contribution in [3.63, 3.8) is 0 Å². The van der Waals surface area contributed by atoms with Gasteiger partial charge >= 0.3 is 0 Å². The van der Waals surface area contributed by atoms with Crippen LogP contribution in [0.5, 0.6) is 0 Å². The number of hydrogen-bond acceptors (Lipinski definition) is 3. The molecule has 2 rings (SSSR count). The topological polar surface area (TPSA) is 60.2 Å². The molecule has 0 aliphatic heterocycles. The standard InChI is InChI=1S/C15H10FNO3/c16-13-5-1-3-11(9-13)7-8-15(18)12-4-2-6-14(10-12)17(19)20/h1-10H/b8-7+. The van der Waals surface area contributed by atoms with Crippen LogP contribution in [0.1, 0.15) is 15.9 Å². The van der Waals surface area contributed by atoms with E-state index >= 15 is 0 Å². The van der Waals surface area contributed by atoms with Gasteiger partial charge < -0.3 is 0 Å². The number of benzene rings is 2. The van der Waals surface area contributed by atoms with Crippen molar-refractivity contribution in [1.82, 2.24) is 0 Å². The van der Waals surface area contributed by atoms with Crippen molar-refractivity contribution in [2.45, 2.75) is 0 Å². The maximum atomic E-state index is 13.0. The Bertz CT molecular complexity index is 695. The van der Waals surface area contributed by atoms with Gasteiger partial charge in [0.1, 0.15) is 5.82 Å². The smallest absolute Gasteiger partial charge is 0.270 e. The maximum Gasteiger partial charge on any atom is 0.270 e. The molecule has 0 radical (unpaired) electrons. The Hall–Kier alpha value is -2.82. The quantitative estimate of drug-likeness (QED) is 0.369. The zero-order valence-corrected chi connectivity index (χ0v) is 10.3. The van der Waals surface area contributed by atoms with Crippen molar-refractivity contribution < 1.29 is 14.1 Å². The van der Waals surface area contributed by atoms with Crippen LogP contribution in [-0.2, 0) is 0 Å². The molecule has 0 fully saturated rings. The summed E-state index contributed by atoms with van der Waals surface area (Å²) in [5.41, 5.74) is 0.616. The summed E-state index contributed by atoms with van der Waals surface area (Å²) >= 11 is 0. The first kappa shape index (κ1) is 13.6. The Morgan fingerprint density at radius 3 is 2.60 bits per heavy atom. The van der Waals surface area contributed by atoms with Crippen molar-refractivity contribution in [3.8, 4) is 0 Å². The van der Waals surface area contributed by atoms with Crippen LogP contribution in [0.3, 0.4) is 0 Å². The summed E-state index contributed by atoms with van der Waals surface area (Å²) in [6.07, 6.45) is 2.72. The predicted molar refractivity (Wildman–Crippen MR) is 72.9 cm³/mol. The van der Waals surface area contributed by atoms with Crippen molar-refractivity contribution in [2.75, 3.05) is 0 Å². The van der Waals surface area contributed by atoms with Crippen LogP contribution >= 0.6 is 0 Å². The summed E-state index contributed by atoms with van der Waals surface area (Å²) in [5, 5.41) is 10.6. The molecule has 0 unspecified atom stereocenters. The molecule has 0 heterocycles. The highest BCUT2D eigenvalue weighted by Gasteiger charge is 2.09. The van der Waals surface area contributed by atoms with Gasteiger partial charge in [-0.2, -0.15) is 0 Å². The first-order valence-corrected chi connectivity index (χ1v) is 5.79. The lowest BCUT2D eigenvalue weighted by molar-refractivity contribution is -0.384. The number of non-ortho nitro benzene ring substituents is 1. The van der Waals surface area contributed by atoms with Gasteiger partial charge in [0, 0.05) is 17.7 Å². The highest BCUT2D eigenvalue weighted by molar-refractivity contribution is 6.07. The fraction of sp³-hybridized carbons (Fsp3) is 0. The molecular formula is C15H10FNO3. The molecular weight excluding hydrogens is 261 g/mol. The summed E-state index contributed by atoms with van der Waals surface area (Å²) in [7, 11) is 0. The van der Waals surface area contributed by atoms with Gasteiger partial charge in [-0.25, -0.2) is 4.39 Å². The Morgan fingerprint density at radius 2 is 1.90 bits per heavy atom. The molecule has 0 amide bonds. The number of allylic oxidation sites excluding steroid dienone is 1. The van der Waals surface area contributed by atoms with Crippen LogP contribution in [0.4, 0.5) is 10.1 Å². The molecule has 0 aromatic heterocycles. The zero-order chi connectivity index (χ0) is 14.5. The number of carbonyl (C=O) groups is 1. The molecule has 0 bridgehead atoms. The lowest BCUT2D eigenvalue weighted by atomic mass is 10.1. The second kappa shape index (κ2) is 5.88. The molecule has 0 atom stereocenters. The largest absolute Gasteiger partial charge is 0.289 e. The first-order valence-electron chi connectivity index (χ1n) is 5.79. The minimum atomic E-state index is -0.562. The van der Waals surface area contributed by atoms with E-state index in [0.717, 1.165) is 0 Å². The van der Waals surface area contributed by atoms with Crippen molar-refractivity contribution in [3.05, 3.63) is 81.7 Å². The summed E-state index contributed by atoms with van der Waals surface area (Å²) in [6, 6.07) is 11.2. The van der Waals surface area contributed by atoms with E-state index in [2.05, 4.69) is 0 Å². The number of halogens is 1. The second-order valence-electron chi connectivity index (χ2n) is 4.06. The highest BCUT2D eigenvalue weighted by atomic mass is 19.1. The zero-order valence-electron chi connectivity index (χ0n) is 10.3. The summed E-state index contributed by atoms with van der Waals surface area (Å²) < 4.78 is 13.0. The van der Waals surface area contributed by atoms with Gasteiger partial charge in [0.15, 0.2) is 5.78 Å². The lowest BCUT2D eigenvalue weighted by Gasteiger charge is -1.97. The van der Waals surface area contributed by atoms with E-state index in [1.807, 2.05) is 0 Å². The molecule has 0 saturated heterocycles. The van der Waals surface area contributed by atoms with E-state index in [1.165, 1.54) is 54.6 Å². The molecule has 0 spiro atoms. The molecule has 0 N–H and O–H groups in total. The first-order chi connectivity index (χ1) is 9.56. The molecule has 0 saturated carbocycles. The number of rotatable bonds is 4. The summed E-state index contributed by atoms with van der Waals surface area (Å²) in [5.74, 6) is -0.770. The van der Waals surface area contributed by atoms with Crippen LogP contribution in [0, 0.1) is 15.9 Å². The molecule has 2 aromatic carbocycles. The van der Waals surface area contributed by atoms with Gasteiger partial charge in [-0.1, -0.05) is 30.3 Å². The number of carbonyl (C=O) groups excluding carboxylic acids is 1. The van der Waals surface area contributed by atoms with Gasteiger partial charge in [0.2, 0.25) is 0 Å². The Balaban J connectivity index is 2.20. The average molecular weight is 271 g/mol. The van der Waals surface area contributed by atoms with Gasteiger partial charge in [-0.3, -0.25) is 14.9 Å². The predicted octanol–water partition coefficient (Wildman–Crippen LogP) is 3.63. The van der Waals surface area contributed by atoms with Crippen LogP contribution in [0.25, 0.3) is 6.08 Å². The second-order valence-corrected chi connectivity index (χ2v) is 4.06. The minimum Gasteiger partial charge on any atom is -0.289 e. The monoisotopic (exact) mass is 271 g/mol. The van der Waals surface area contributed by atoms with Crippen LogP contribution in [0.15, 0.2) is 54.6 Å². The molecule has 5 heteroatoms. The third kappa shape index (κ3) is 3.35. The van der Waals surface area contributed by atoms with E-state index in [1.54, 1.807) is 6.07 Å². The molecule has 100 valence electrons. The third-order valence-electron chi connectivity index (χ3n) is 2.62. The van der Waals surface area contributed by atoms with Gasteiger partial charge in [-0.05, 0) is 23.8 Å². The van der Waals surface area contributed by atoms with Crippen molar-refractivity contribution >= 4 is 17.5 Å². The molecule has 20 heavy (non-hydrogen) atoms. The number of nitro groups is 1. The number of nitro benzene ring substituents is 1. The van der Waals surface area contributed by atoms with E-state index < -0.39 is 10.7 Å². The maximum absolute atomic E-state index is 13.0. The van der Waals surface area contributed by atoms with Crippen LogP contribution < -0.4 is 0 Å². The summed E-state index contributed by atoms with van der Waals surface area (Å²) in [4.78, 5) is 21.9. The van der Waals surface area contributed by atoms with Crippen molar-refractivity contribution in [1.29, 1.82) is 0 Å². The number of ketones is 1. The molecule has 0 aliphatic rings. The SMILES string of the molecule is O=C(/C=C/c1cccc(F)c1)c1cccc([N+](=O)[O-])c1. The van der Waals surface area contributed by atoms with E-state index in [-0.39, 0.29) is 17.0 Å². The molecule has 2 aromatic rings. The van der Waals surface area contributed by atoms with E-state index in [4.69, 9.17) is 0 Å². The average Bonchev–Trinajstić information content (AvgIpc) is 2.45. The highest BCUT2D eigenvalue weighted by Crippen LogP contribution is 2.14. The Labute approximate surface area is 114 Å². The fourth-order valence-corrected chi connectivity index (χ4v) is 1.65. The van der Waals surface area contributed by atoms with Gasteiger partial charge in [0.05, 0.1) is 4.92 Å². The lowest BCUT2D eigenvalue weighted by Crippen LogP contribution is -1.96. The normalized spacial score (nSPS) is 10.7. The Morgan fingerprint density at radius 1 is 1.15 bits per heavy atom. The van der Waals surface area contributed by atoms with E-state index in [0.29, 0.717) is 5.56 Å². The molecule has 0 aliphatic carbocycles. The van der Waals surface area contributed by atoms with E-state index in [9.17, 15) is 19.3 Å². The number of nitrogens with zero attached hydrogens (tertiary/aromatic N) is 1. The van der Waals surface area contributed by atoms with Crippen molar-refractivity contribution in [2.24, 2.45) is 0 Å². The summed E-state index contributed by atoms with van der Waals surface area (Å²) in [6.45, 7) is 0. The van der Waals surface area contributed by atoms with Gasteiger partial charge in [0.25, 0.3) is 5.69 Å².